The molecule has 0 spiro atoms. The molecule has 0 heterocycles. The van der Waals surface area contributed by atoms with Crippen molar-refractivity contribution in [1.29, 1.82) is 0 Å². The van der Waals surface area contributed by atoms with E-state index < -0.39 is 58.2 Å². The summed E-state index contributed by atoms with van der Waals surface area (Å²) in [6.45, 7) is 4.75. The van der Waals surface area contributed by atoms with Gasteiger partial charge in [0, 0.05) is 45.7 Å². The van der Waals surface area contributed by atoms with E-state index in [1.54, 1.807) is 13.8 Å². The van der Waals surface area contributed by atoms with E-state index >= 15 is 0 Å². The highest BCUT2D eigenvalue weighted by Crippen LogP contribution is 2.29. The van der Waals surface area contributed by atoms with Crippen molar-refractivity contribution in [3.05, 3.63) is 73.7 Å². The zero-order valence-electron chi connectivity index (χ0n) is 26.1. The van der Waals surface area contributed by atoms with Gasteiger partial charge in [0.2, 0.25) is 0 Å². The molecule has 0 radical (unpaired) electrons. The molecule has 3 rings (SSSR count). The van der Waals surface area contributed by atoms with Crippen molar-refractivity contribution in [2.45, 2.75) is 60.9 Å². The summed E-state index contributed by atoms with van der Waals surface area (Å²) < 4.78 is 99.0. The number of carbonyl (C=O) groups excluding carboxylic acids is 3. The van der Waals surface area contributed by atoms with Crippen LogP contribution in [0.1, 0.15) is 35.1 Å². The second kappa shape index (κ2) is 17.1. The fourth-order valence-corrected chi connectivity index (χ4v) is 6.45. The number of nitrogens with one attached hydrogen (secondary N) is 2. The number of nitrogens with two attached hydrogens (primary N) is 1. The van der Waals surface area contributed by atoms with Gasteiger partial charge in [-0.2, -0.15) is 25.3 Å². The molecule has 0 aliphatic heterocycles. The number of amides is 2. The van der Waals surface area contributed by atoms with Crippen LogP contribution >= 0.6 is 34.8 Å². The van der Waals surface area contributed by atoms with Crippen LogP contribution < -0.4 is 16.4 Å². The number of carbonyl (C=O) groups is 3. The predicted octanol–water partition coefficient (Wildman–Crippen LogP) is 4.79. The lowest BCUT2D eigenvalue weighted by molar-refractivity contribution is -0.135. The van der Waals surface area contributed by atoms with Gasteiger partial charge in [-0.15, -0.1) is 0 Å². The average molecular weight is 819 g/mol. The largest absolute Gasteiger partial charge is 0.444 e. The van der Waals surface area contributed by atoms with Gasteiger partial charge in [0.1, 0.15) is 5.78 Å². The first-order chi connectivity index (χ1) is 22.8. The van der Waals surface area contributed by atoms with Gasteiger partial charge in [0.25, 0.3) is 36.8 Å². The maximum Gasteiger partial charge on any atom is 0.322 e. The smallest absolute Gasteiger partial charge is 0.322 e. The van der Waals surface area contributed by atoms with Crippen molar-refractivity contribution in [3.63, 3.8) is 0 Å². The molecule has 0 bridgehead atoms. The van der Waals surface area contributed by atoms with E-state index in [0.29, 0.717) is 11.1 Å². The monoisotopic (exact) mass is 817 g/mol. The van der Waals surface area contributed by atoms with Gasteiger partial charge in [-0.25, -0.2) is 4.79 Å². The van der Waals surface area contributed by atoms with Gasteiger partial charge < -0.3 is 21.1 Å². The lowest BCUT2D eigenvalue weighted by Crippen LogP contribution is -2.40. The second-order valence-corrected chi connectivity index (χ2v) is 15.9. The highest BCUT2D eigenvalue weighted by molar-refractivity contribution is 7.86. The lowest BCUT2D eigenvalue weighted by Gasteiger charge is -2.18. The summed E-state index contributed by atoms with van der Waals surface area (Å²) in [7, 11) is -13.4. The molecule has 1 unspecified atom stereocenters. The van der Waals surface area contributed by atoms with Gasteiger partial charge in [0.15, 0.2) is 6.23 Å². The second-order valence-electron chi connectivity index (χ2n) is 10.4. The van der Waals surface area contributed by atoms with Crippen LogP contribution in [0, 0.1) is 20.8 Å². The zero-order valence-corrected chi connectivity index (χ0v) is 30.8. The minimum atomic E-state index is -4.61. The van der Waals surface area contributed by atoms with E-state index in [4.69, 9.17) is 49.8 Å². The van der Waals surface area contributed by atoms with Crippen LogP contribution in [0.25, 0.3) is 0 Å². The summed E-state index contributed by atoms with van der Waals surface area (Å²) >= 11 is 17.6. The van der Waals surface area contributed by atoms with Gasteiger partial charge >= 0.3 is 6.03 Å². The third-order valence-electron chi connectivity index (χ3n) is 6.83. The van der Waals surface area contributed by atoms with Crippen molar-refractivity contribution >= 4 is 94.8 Å². The topological polar surface area (TPSA) is 274 Å². The van der Waals surface area contributed by atoms with Crippen molar-refractivity contribution in [2.24, 2.45) is 0 Å². The van der Waals surface area contributed by atoms with E-state index in [0.717, 1.165) is 36.4 Å². The number of Topliss-reactive ketones (excluding diaryl/α,β-unsaturated/α-hetero) is 1. The Labute approximate surface area is 302 Å². The molecule has 7 N–H and O–H groups in total. The average Bonchev–Trinajstić information content (AvgIpc) is 2.97. The number of halogens is 3. The van der Waals surface area contributed by atoms with Crippen LogP contribution in [0.3, 0.4) is 0 Å². The molecule has 0 aliphatic carbocycles. The molecule has 0 saturated heterocycles. The molecule has 3 aromatic carbocycles. The number of nitrogen functional groups attached to an aromatic ring is 1. The van der Waals surface area contributed by atoms with Gasteiger partial charge in [0.05, 0.1) is 14.7 Å². The van der Waals surface area contributed by atoms with Gasteiger partial charge in [-0.3, -0.25) is 23.2 Å². The highest BCUT2D eigenvalue weighted by atomic mass is 35.5. The Kier molecular flexibility index (Phi) is 14.6. The van der Waals surface area contributed by atoms with E-state index in [2.05, 4.69) is 10.6 Å². The number of rotatable bonds is 12. The number of anilines is 2. The molecule has 0 aromatic heterocycles. The maximum absolute atomic E-state index is 12.5. The Balaban J connectivity index is 0.000000557. The van der Waals surface area contributed by atoms with Crippen molar-refractivity contribution in [2.75, 3.05) is 11.1 Å². The fraction of sp³-hybridized carbons (Fsp3) is 0.250. The summed E-state index contributed by atoms with van der Waals surface area (Å²) in [5.74, 6) is -0.420. The van der Waals surface area contributed by atoms with Crippen LogP contribution in [-0.2, 0) is 51.1 Å². The number of benzene rings is 3. The molecule has 274 valence electrons. The molecular formula is C28H30Cl3N3O13S3. The maximum atomic E-state index is 12.5. The highest BCUT2D eigenvalue weighted by Gasteiger charge is 2.21. The number of urea groups is 1. The molecular weight excluding hydrogens is 789 g/mol. The molecule has 0 saturated carbocycles. The van der Waals surface area contributed by atoms with Crippen LogP contribution in [0.5, 0.6) is 0 Å². The quantitative estimate of drug-likeness (QED) is 0.0621. The first-order valence-electron chi connectivity index (χ1n) is 13.6. The standard InChI is InChI=1S/C21H22Cl2N2O10S2.C7H8ClNO3S/c1-11-13(6-15(7-17(11)22)36(29,30)31)5-14(27)3-4-20(35-10-26)25-21(28)24-19-9-16(37(32,33)34)8-18(23)12(19)2;1-4-6(8)2-5(3-7(4)9)13(10,11)12/h6-10,20H,3-5H2,1-2H3,(H2,24,25,28)(H,29,30,31)(H,32,33,34);2-3H,9H2,1H3,(H,10,11,12). The van der Waals surface area contributed by atoms with Crippen LogP contribution in [0.2, 0.25) is 15.1 Å². The molecule has 0 fully saturated rings. The van der Waals surface area contributed by atoms with Crippen LogP contribution in [0.4, 0.5) is 16.2 Å². The number of hydrogen-bond donors (Lipinski definition) is 6. The lowest BCUT2D eigenvalue weighted by atomic mass is 10.0. The van der Waals surface area contributed by atoms with Crippen LogP contribution in [-0.4, -0.2) is 63.4 Å². The van der Waals surface area contributed by atoms with E-state index in [1.807, 2.05) is 0 Å². The molecule has 3 aromatic rings. The number of hydrogen-bond acceptors (Lipinski definition) is 11. The summed E-state index contributed by atoms with van der Waals surface area (Å²) in [4.78, 5) is 34.5. The zero-order chi connectivity index (χ0) is 38.4. The number of ketones is 1. The summed E-state index contributed by atoms with van der Waals surface area (Å²) in [6, 6.07) is 5.53. The van der Waals surface area contributed by atoms with Crippen molar-refractivity contribution < 1.29 is 58.0 Å². The number of ether oxygens (including phenoxy) is 1. The van der Waals surface area contributed by atoms with E-state index in [-0.39, 0.29) is 68.2 Å². The van der Waals surface area contributed by atoms with Crippen molar-refractivity contribution in [3.8, 4) is 0 Å². The first-order valence-corrected chi connectivity index (χ1v) is 19.1. The van der Waals surface area contributed by atoms with Crippen molar-refractivity contribution in [1.82, 2.24) is 5.32 Å². The molecule has 50 heavy (non-hydrogen) atoms. The first kappa shape index (κ1) is 42.6. The minimum Gasteiger partial charge on any atom is -0.444 e. The van der Waals surface area contributed by atoms with Crippen LogP contribution in [0.15, 0.2) is 51.1 Å². The molecule has 22 heteroatoms. The predicted molar refractivity (Wildman–Crippen MR) is 183 cm³/mol. The third kappa shape index (κ3) is 12.4. The molecule has 1 atom stereocenters. The molecule has 16 nitrogen and oxygen atoms in total. The van der Waals surface area contributed by atoms with E-state index in [9.17, 15) is 48.7 Å². The van der Waals surface area contributed by atoms with Gasteiger partial charge in [-0.1, -0.05) is 34.8 Å². The van der Waals surface area contributed by atoms with Gasteiger partial charge in [-0.05, 0) is 79.4 Å². The fourth-order valence-electron chi connectivity index (χ4n) is 3.94. The Hall–Kier alpha value is -3.53. The molecule has 0 aliphatic rings. The Morgan fingerprint density at radius 1 is 0.780 bits per heavy atom. The summed E-state index contributed by atoms with van der Waals surface area (Å²) in [6.07, 6.45) is -1.90. The summed E-state index contributed by atoms with van der Waals surface area (Å²) in [5.41, 5.74) is 7.21. The Morgan fingerprint density at radius 3 is 1.72 bits per heavy atom. The third-order valence-corrected chi connectivity index (χ3v) is 10.5. The summed E-state index contributed by atoms with van der Waals surface area (Å²) in [5, 5.41) is 4.82. The Bertz CT molecular complexity index is 2120. The molecule has 2 amide bonds. The Morgan fingerprint density at radius 2 is 1.24 bits per heavy atom. The SMILES string of the molecule is Cc1c(Cl)cc(S(=O)(=O)O)cc1CC(=O)CCC(NC(=O)Nc1cc(S(=O)(=O)O)cc(Cl)c1C)OC=O.Cc1c(N)cc(S(=O)(=O)O)cc1Cl. The van der Waals surface area contributed by atoms with E-state index in [1.165, 1.54) is 6.92 Å². The normalized spacial score (nSPS) is 12.3. The minimum absolute atomic E-state index is 0.0342.